The smallest absolute Gasteiger partial charge is 0.216 e. The van der Waals surface area contributed by atoms with E-state index < -0.39 is 0 Å². The van der Waals surface area contributed by atoms with Crippen molar-refractivity contribution in [2.75, 3.05) is 12.4 Å². The lowest BCUT2D eigenvalue weighted by Crippen LogP contribution is -1.95. The molecule has 0 aliphatic heterocycles. The summed E-state index contributed by atoms with van der Waals surface area (Å²) in [6.07, 6.45) is 1.53. The highest BCUT2D eigenvalue weighted by Gasteiger charge is 2.08. The van der Waals surface area contributed by atoms with E-state index in [-0.39, 0.29) is 11.4 Å². The SMILES string of the molecule is COc1cc(NC=C(C#N)c2nn[nH]n2)ccc1-c1ccccc1. The Morgan fingerprint density at radius 2 is 2.08 bits per heavy atom. The number of hydrogen-bond donors (Lipinski definition) is 2. The molecule has 0 spiro atoms. The normalized spacial score (nSPS) is 10.9. The van der Waals surface area contributed by atoms with Gasteiger partial charge in [0.2, 0.25) is 5.82 Å². The van der Waals surface area contributed by atoms with Crippen LogP contribution < -0.4 is 10.1 Å². The highest BCUT2D eigenvalue weighted by atomic mass is 16.5. The molecule has 0 atom stereocenters. The van der Waals surface area contributed by atoms with Crippen molar-refractivity contribution in [2.24, 2.45) is 0 Å². The van der Waals surface area contributed by atoms with Gasteiger partial charge in [0.25, 0.3) is 0 Å². The molecule has 0 saturated carbocycles. The number of nitrogens with zero attached hydrogens (tertiary/aromatic N) is 4. The number of hydrogen-bond acceptors (Lipinski definition) is 6. The molecular formula is C17H14N6O. The van der Waals surface area contributed by atoms with Crippen molar-refractivity contribution in [1.29, 1.82) is 5.26 Å². The van der Waals surface area contributed by atoms with Crippen LogP contribution in [0.4, 0.5) is 5.69 Å². The Bertz CT molecular complexity index is 881. The molecule has 0 bridgehead atoms. The summed E-state index contributed by atoms with van der Waals surface area (Å²) in [6.45, 7) is 0. The van der Waals surface area contributed by atoms with E-state index in [1.807, 2.05) is 54.6 Å². The third-order valence-electron chi connectivity index (χ3n) is 3.38. The van der Waals surface area contributed by atoms with Crippen molar-refractivity contribution in [2.45, 2.75) is 0 Å². The van der Waals surface area contributed by atoms with Gasteiger partial charge in [0, 0.05) is 23.5 Å². The zero-order chi connectivity index (χ0) is 16.8. The molecular weight excluding hydrogens is 304 g/mol. The Kier molecular flexibility index (Phi) is 4.49. The van der Waals surface area contributed by atoms with Crippen molar-refractivity contribution < 1.29 is 4.74 Å². The summed E-state index contributed by atoms with van der Waals surface area (Å²) in [5.41, 5.74) is 3.12. The number of methoxy groups -OCH3 is 1. The van der Waals surface area contributed by atoms with E-state index in [0.717, 1.165) is 22.6 Å². The molecule has 2 aromatic carbocycles. The minimum Gasteiger partial charge on any atom is -0.496 e. The fourth-order valence-electron chi connectivity index (χ4n) is 2.22. The molecule has 2 N–H and O–H groups in total. The summed E-state index contributed by atoms with van der Waals surface area (Å²) < 4.78 is 5.48. The van der Waals surface area contributed by atoms with Crippen LogP contribution in [0.25, 0.3) is 16.7 Å². The van der Waals surface area contributed by atoms with E-state index in [4.69, 9.17) is 10.00 Å². The van der Waals surface area contributed by atoms with Crippen molar-refractivity contribution in [1.82, 2.24) is 20.6 Å². The van der Waals surface area contributed by atoms with Gasteiger partial charge in [0.1, 0.15) is 17.4 Å². The van der Waals surface area contributed by atoms with Crippen LogP contribution in [0.1, 0.15) is 5.82 Å². The van der Waals surface area contributed by atoms with Gasteiger partial charge in [-0.15, -0.1) is 10.2 Å². The number of aromatic nitrogens is 4. The number of nitrogens with one attached hydrogen (secondary N) is 2. The first-order valence-electron chi connectivity index (χ1n) is 7.16. The zero-order valence-electron chi connectivity index (χ0n) is 12.9. The maximum Gasteiger partial charge on any atom is 0.216 e. The fourth-order valence-corrected chi connectivity index (χ4v) is 2.22. The lowest BCUT2D eigenvalue weighted by Gasteiger charge is -2.11. The number of aromatic amines is 1. The Morgan fingerprint density at radius 3 is 2.75 bits per heavy atom. The fraction of sp³-hybridized carbons (Fsp3) is 0.0588. The van der Waals surface area contributed by atoms with Gasteiger partial charge in [-0.05, 0) is 22.9 Å². The molecule has 0 saturated heterocycles. The second-order valence-electron chi connectivity index (χ2n) is 4.83. The Morgan fingerprint density at radius 1 is 1.25 bits per heavy atom. The average Bonchev–Trinajstić information content (AvgIpc) is 3.17. The van der Waals surface area contributed by atoms with Crippen LogP contribution in [0.3, 0.4) is 0 Å². The molecule has 3 rings (SSSR count). The third-order valence-corrected chi connectivity index (χ3v) is 3.38. The quantitative estimate of drug-likeness (QED) is 0.702. The van der Waals surface area contributed by atoms with Crippen LogP contribution in [-0.4, -0.2) is 27.7 Å². The topological polar surface area (TPSA) is 99.5 Å². The molecule has 0 radical (unpaired) electrons. The van der Waals surface area contributed by atoms with Crippen molar-refractivity contribution in [3.05, 3.63) is 60.6 Å². The predicted octanol–water partition coefficient (Wildman–Crippen LogP) is 2.85. The van der Waals surface area contributed by atoms with Gasteiger partial charge in [-0.2, -0.15) is 10.5 Å². The maximum atomic E-state index is 9.16. The second kappa shape index (κ2) is 7.07. The van der Waals surface area contributed by atoms with E-state index in [9.17, 15) is 0 Å². The first-order valence-corrected chi connectivity index (χ1v) is 7.16. The number of anilines is 1. The van der Waals surface area contributed by atoms with Crippen LogP contribution in [-0.2, 0) is 0 Å². The molecule has 24 heavy (non-hydrogen) atoms. The van der Waals surface area contributed by atoms with Gasteiger partial charge >= 0.3 is 0 Å². The van der Waals surface area contributed by atoms with Crippen molar-refractivity contribution in [3.8, 4) is 22.9 Å². The molecule has 0 amide bonds. The van der Waals surface area contributed by atoms with Gasteiger partial charge < -0.3 is 10.1 Å². The predicted molar refractivity (Wildman–Crippen MR) is 89.8 cm³/mol. The maximum absolute atomic E-state index is 9.16. The molecule has 0 unspecified atom stereocenters. The molecule has 1 heterocycles. The van der Waals surface area contributed by atoms with Crippen LogP contribution in [0.5, 0.6) is 5.75 Å². The number of H-pyrrole nitrogens is 1. The van der Waals surface area contributed by atoms with E-state index >= 15 is 0 Å². The summed E-state index contributed by atoms with van der Waals surface area (Å²) in [6, 6.07) is 17.7. The molecule has 7 nitrogen and oxygen atoms in total. The van der Waals surface area contributed by atoms with Gasteiger partial charge in [0.05, 0.1) is 7.11 Å². The van der Waals surface area contributed by atoms with E-state index in [2.05, 4.69) is 25.9 Å². The number of ether oxygens (including phenoxy) is 1. The standard InChI is InChI=1S/C17H14N6O/c1-24-16-9-14(7-8-15(16)12-5-3-2-4-6-12)19-11-13(10-18)17-20-22-23-21-17/h2-9,11,19H,1H3,(H,20,21,22,23). The van der Waals surface area contributed by atoms with Crippen LogP contribution in [0.2, 0.25) is 0 Å². The van der Waals surface area contributed by atoms with Crippen molar-refractivity contribution in [3.63, 3.8) is 0 Å². The number of tetrazole rings is 1. The van der Waals surface area contributed by atoms with Crippen LogP contribution in [0.15, 0.2) is 54.7 Å². The van der Waals surface area contributed by atoms with E-state index in [1.54, 1.807) is 7.11 Å². The molecule has 1 aromatic heterocycles. The highest BCUT2D eigenvalue weighted by Crippen LogP contribution is 2.32. The molecule has 7 heteroatoms. The molecule has 0 fully saturated rings. The van der Waals surface area contributed by atoms with Gasteiger partial charge in [-0.1, -0.05) is 30.3 Å². The third kappa shape index (κ3) is 3.23. The first-order chi connectivity index (χ1) is 11.8. The number of rotatable bonds is 5. The first kappa shape index (κ1) is 15.2. The monoisotopic (exact) mass is 318 g/mol. The van der Waals surface area contributed by atoms with Gasteiger partial charge in [-0.25, -0.2) is 0 Å². The minimum absolute atomic E-state index is 0.234. The number of nitriles is 1. The molecule has 118 valence electrons. The second-order valence-corrected chi connectivity index (χ2v) is 4.83. The van der Waals surface area contributed by atoms with E-state index in [0.29, 0.717) is 0 Å². The number of allylic oxidation sites excluding steroid dienone is 1. The summed E-state index contributed by atoms with van der Waals surface area (Å²) in [4.78, 5) is 0. The van der Waals surface area contributed by atoms with E-state index in [1.165, 1.54) is 6.20 Å². The minimum atomic E-state index is 0.234. The summed E-state index contributed by atoms with van der Waals surface area (Å²) >= 11 is 0. The Balaban J connectivity index is 1.87. The van der Waals surface area contributed by atoms with Gasteiger partial charge in [0.15, 0.2) is 0 Å². The molecule has 0 aliphatic rings. The zero-order valence-corrected chi connectivity index (χ0v) is 12.9. The summed E-state index contributed by atoms with van der Waals surface area (Å²) in [5, 5.41) is 25.5. The Hall–Kier alpha value is -3.66. The highest BCUT2D eigenvalue weighted by molar-refractivity contribution is 5.76. The largest absolute Gasteiger partial charge is 0.496 e. The van der Waals surface area contributed by atoms with Crippen molar-refractivity contribution >= 4 is 11.3 Å². The average molecular weight is 318 g/mol. The molecule has 3 aromatic rings. The lowest BCUT2D eigenvalue weighted by molar-refractivity contribution is 0.416. The molecule has 0 aliphatic carbocycles. The lowest BCUT2D eigenvalue weighted by atomic mass is 10.0. The van der Waals surface area contributed by atoms with Gasteiger partial charge in [-0.3, -0.25) is 0 Å². The Labute approximate surface area is 138 Å². The van der Waals surface area contributed by atoms with Crippen LogP contribution in [0, 0.1) is 11.3 Å². The number of benzene rings is 2. The van der Waals surface area contributed by atoms with Crippen LogP contribution >= 0.6 is 0 Å². The summed E-state index contributed by atoms with van der Waals surface area (Å²) in [7, 11) is 1.63. The summed E-state index contributed by atoms with van der Waals surface area (Å²) in [5.74, 6) is 0.968.